The predicted molar refractivity (Wildman–Crippen MR) is 61.9 cm³/mol. The summed E-state index contributed by atoms with van der Waals surface area (Å²) in [5, 5.41) is 0.813. The molecule has 1 aromatic heterocycles. The van der Waals surface area contributed by atoms with Crippen molar-refractivity contribution in [3.05, 3.63) is 64.9 Å². The standard InChI is InChI=1S/C13H13ClN/c1-11-7-8-15(10-13(11)14)9-12-5-3-2-4-6-12/h2-8,10H,9H2,1H3/q+1. The van der Waals surface area contributed by atoms with Crippen LogP contribution in [0.15, 0.2) is 48.8 Å². The van der Waals surface area contributed by atoms with E-state index in [-0.39, 0.29) is 0 Å². The summed E-state index contributed by atoms with van der Waals surface area (Å²) < 4.78 is 2.09. The molecule has 15 heavy (non-hydrogen) atoms. The summed E-state index contributed by atoms with van der Waals surface area (Å²) in [6.07, 6.45) is 4.01. The molecule has 0 atom stereocenters. The predicted octanol–water partition coefficient (Wildman–Crippen LogP) is 2.98. The number of hydrogen-bond acceptors (Lipinski definition) is 0. The van der Waals surface area contributed by atoms with Crippen LogP contribution in [0.25, 0.3) is 0 Å². The minimum absolute atomic E-state index is 0.813. The van der Waals surface area contributed by atoms with Crippen LogP contribution in [0.2, 0.25) is 5.02 Å². The van der Waals surface area contributed by atoms with E-state index in [1.807, 2.05) is 43.6 Å². The molecule has 0 aliphatic carbocycles. The van der Waals surface area contributed by atoms with Crippen LogP contribution in [0, 0.1) is 6.92 Å². The summed E-state index contributed by atoms with van der Waals surface area (Å²) in [6, 6.07) is 12.4. The van der Waals surface area contributed by atoms with Crippen LogP contribution in [0.3, 0.4) is 0 Å². The molecule has 1 nitrogen and oxygen atoms in total. The van der Waals surface area contributed by atoms with E-state index < -0.39 is 0 Å². The molecule has 1 heterocycles. The number of halogens is 1. The van der Waals surface area contributed by atoms with Gasteiger partial charge >= 0.3 is 0 Å². The second kappa shape index (κ2) is 4.45. The van der Waals surface area contributed by atoms with Gasteiger partial charge in [-0.25, -0.2) is 0 Å². The molecule has 2 aromatic rings. The molecule has 0 radical (unpaired) electrons. The quantitative estimate of drug-likeness (QED) is 0.683. The number of nitrogens with zero attached hydrogens (tertiary/aromatic N) is 1. The summed E-state index contributed by atoms with van der Waals surface area (Å²) in [6.45, 7) is 2.87. The molecule has 0 amide bonds. The van der Waals surface area contributed by atoms with Gasteiger partial charge in [0.1, 0.15) is 5.02 Å². The Balaban J connectivity index is 2.22. The normalized spacial score (nSPS) is 10.3. The molecule has 2 heteroatoms. The molecule has 76 valence electrons. The third-order valence-corrected chi connectivity index (χ3v) is 2.78. The van der Waals surface area contributed by atoms with E-state index in [4.69, 9.17) is 11.6 Å². The molecule has 2 rings (SSSR count). The van der Waals surface area contributed by atoms with Crippen LogP contribution in [0.1, 0.15) is 11.1 Å². The third-order valence-electron chi connectivity index (χ3n) is 2.38. The van der Waals surface area contributed by atoms with Gasteiger partial charge in [-0.1, -0.05) is 41.9 Å². The molecular weight excluding hydrogens is 206 g/mol. The van der Waals surface area contributed by atoms with Gasteiger partial charge in [0.05, 0.1) is 0 Å². The molecule has 0 saturated carbocycles. The average Bonchev–Trinajstić information content (AvgIpc) is 2.25. The number of aromatic nitrogens is 1. The van der Waals surface area contributed by atoms with Gasteiger partial charge in [0.25, 0.3) is 0 Å². The molecular formula is C13H13ClN+. The highest BCUT2D eigenvalue weighted by molar-refractivity contribution is 6.31. The van der Waals surface area contributed by atoms with Gasteiger partial charge in [0, 0.05) is 11.6 Å². The topological polar surface area (TPSA) is 3.88 Å². The molecule has 1 aromatic carbocycles. The van der Waals surface area contributed by atoms with Crippen molar-refractivity contribution >= 4 is 11.6 Å². The second-order valence-corrected chi connectivity index (χ2v) is 4.04. The van der Waals surface area contributed by atoms with Gasteiger partial charge in [0.2, 0.25) is 0 Å². The second-order valence-electron chi connectivity index (χ2n) is 3.63. The van der Waals surface area contributed by atoms with Crippen LogP contribution >= 0.6 is 11.6 Å². The molecule has 0 unspecified atom stereocenters. The lowest BCUT2D eigenvalue weighted by molar-refractivity contribution is -0.688. The van der Waals surface area contributed by atoms with E-state index in [2.05, 4.69) is 16.7 Å². The van der Waals surface area contributed by atoms with Gasteiger partial charge in [-0.3, -0.25) is 0 Å². The molecule has 0 N–H and O–H groups in total. The van der Waals surface area contributed by atoms with Gasteiger partial charge < -0.3 is 0 Å². The van der Waals surface area contributed by atoms with Crippen molar-refractivity contribution in [2.24, 2.45) is 0 Å². The zero-order valence-electron chi connectivity index (χ0n) is 8.65. The largest absolute Gasteiger partial charge is 0.199 e. The van der Waals surface area contributed by atoms with Crippen LogP contribution in [0.4, 0.5) is 0 Å². The lowest BCUT2D eigenvalue weighted by atomic mass is 10.2. The summed E-state index contributed by atoms with van der Waals surface area (Å²) in [5.41, 5.74) is 2.39. The maximum absolute atomic E-state index is 6.06. The lowest BCUT2D eigenvalue weighted by Gasteiger charge is -1.99. The van der Waals surface area contributed by atoms with Crippen LogP contribution in [-0.2, 0) is 6.54 Å². The number of pyridine rings is 1. The van der Waals surface area contributed by atoms with E-state index >= 15 is 0 Å². The first kappa shape index (κ1) is 10.2. The van der Waals surface area contributed by atoms with Crippen molar-refractivity contribution in [3.8, 4) is 0 Å². The van der Waals surface area contributed by atoms with E-state index in [0.717, 1.165) is 17.1 Å². The lowest BCUT2D eigenvalue weighted by Crippen LogP contribution is -2.33. The Bertz CT molecular complexity index is 451. The molecule has 0 aliphatic rings. The highest BCUT2D eigenvalue weighted by Gasteiger charge is 2.04. The van der Waals surface area contributed by atoms with Crippen molar-refractivity contribution < 1.29 is 4.57 Å². The fourth-order valence-corrected chi connectivity index (χ4v) is 1.66. The fraction of sp³-hybridized carbons (Fsp3) is 0.154. The first-order valence-electron chi connectivity index (χ1n) is 4.95. The smallest absolute Gasteiger partial charge is 0.188 e. The highest BCUT2D eigenvalue weighted by atomic mass is 35.5. The van der Waals surface area contributed by atoms with Crippen LogP contribution < -0.4 is 4.57 Å². The summed E-state index contributed by atoms with van der Waals surface area (Å²) >= 11 is 6.06. The van der Waals surface area contributed by atoms with Gasteiger partial charge in [-0.2, -0.15) is 4.57 Å². The van der Waals surface area contributed by atoms with E-state index in [0.29, 0.717) is 0 Å². The maximum atomic E-state index is 6.06. The molecule has 0 saturated heterocycles. The van der Waals surface area contributed by atoms with Crippen molar-refractivity contribution in [2.75, 3.05) is 0 Å². The minimum atomic E-state index is 0.813. The Morgan fingerprint density at radius 2 is 1.87 bits per heavy atom. The van der Waals surface area contributed by atoms with E-state index in [1.165, 1.54) is 5.56 Å². The SMILES string of the molecule is Cc1cc[n+](Cc2ccccc2)cc1Cl. The van der Waals surface area contributed by atoms with Crippen molar-refractivity contribution in [1.29, 1.82) is 0 Å². The summed E-state index contributed by atoms with van der Waals surface area (Å²) in [5.74, 6) is 0. The monoisotopic (exact) mass is 218 g/mol. The zero-order chi connectivity index (χ0) is 10.7. The van der Waals surface area contributed by atoms with Crippen molar-refractivity contribution in [2.45, 2.75) is 13.5 Å². The highest BCUT2D eigenvalue weighted by Crippen LogP contribution is 2.10. The Kier molecular flexibility index (Phi) is 3.02. The third kappa shape index (κ3) is 2.57. The molecule has 0 aliphatic heterocycles. The molecule has 0 fully saturated rings. The average molecular weight is 219 g/mol. The Morgan fingerprint density at radius 3 is 2.53 bits per heavy atom. The maximum Gasteiger partial charge on any atom is 0.188 e. The Labute approximate surface area is 95.0 Å². The van der Waals surface area contributed by atoms with Crippen LogP contribution in [0.5, 0.6) is 0 Å². The number of benzene rings is 1. The van der Waals surface area contributed by atoms with Gasteiger partial charge in [0.15, 0.2) is 18.9 Å². The van der Waals surface area contributed by atoms with Crippen LogP contribution in [-0.4, -0.2) is 0 Å². The first-order chi connectivity index (χ1) is 7.25. The molecule has 0 bridgehead atoms. The van der Waals surface area contributed by atoms with Crippen molar-refractivity contribution in [3.63, 3.8) is 0 Å². The first-order valence-corrected chi connectivity index (χ1v) is 5.32. The minimum Gasteiger partial charge on any atom is -0.199 e. The Hall–Kier alpha value is -1.34. The summed E-state index contributed by atoms with van der Waals surface area (Å²) in [4.78, 5) is 0. The summed E-state index contributed by atoms with van der Waals surface area (Å²) in [7, 11) is 0. The number of aryl methyl sites for hydroxylation is 1. The Morgan fingerprint density at radius 1 is 1.13 bits per heavy atom. The number of hydrogen-bond donors (Lipinski definition) is 0. The van der Waals surface area contributed by atoms with Crippen molar-refractivity contribution in [1.82, 2.24) is 0 Å². The zero-order valence-corrected chi connectivity index (χ0v) is 9.41. The number of rotatable bonds is 2. The van der Waals surface area contributed by atoms with E-state index in [9.17, 15) is 0 Å². The van der Waals surface area contributed by atoms with Gasteiger partial charge in [-0.05, 0) is 12.5 Å². The van der Waals surface area contributed by atoms with E-state index in [1.54, 1.807) is 0 Å². The fourth-order valence-electron chi connectivity index (χ4n) is 1.47. The molecule has 0 spiro atoms. The van der Waals surface area contributed by atoms with Gasteiger partial charge in [-0.15, -0.1) is 0 Å².